The first-order chi connectivity index (χ1) is 9.56. The van der Waals surface area contributed by atoms with Gasteiger partial charge in [0.15, 0.2) is 10.7 Å². The predicted octanol–water partition coefficient (Wildman–Crippen LogP) is 1.43. The van der Waals surface area contributed by atoms with Gasteiger partial charge in [0, 0.05) is 11.8 Å². The molecular weight excluding hydrogens is 280 g/mol. The number of carboxylic acid groups (broad SMARTS) is 1. The van der Waals surface area contributed by atoms with Crippen molar-refractivity contribution in [3.05, 3.63) is 48.2 Å². The SMILES string of the molecule is O=C(O)c1ccc(-c2ccc(NC[SH](=O)=O)nc2)cc1. The largest absolute Gasteiger partial charge is 0.478 e. The Morgan fingerprint density at radius 1 is 1.10 bits per heavy atom. The van der Waals surface area contributed by atoms with Gasteiger partial charge >= 0.3 is 5.97 Å². The van der Waals surface area contributed by atoms with Crippen molar-refractivity contribution in [2.24, 2.45) is 0 Å². The number of benzene rings is 1. The van der Waals surface area contributed by atoms with Gasteiger partial charge in [-0.25, -0.2) is 18.2 Å². The van der Waals surface area contributed by atoms with Gasteiger partial charge < -0.3 is 10.4 Å². The minimum Gasteiger partial charge on any atom is -0.478 e. The number of carbonyl (C=O) groups is 1. The van der Waals surface area contributed by atoms with Crippen molar-refractivity contribution in [1.29, 1.82) is 0 Å². The molecule has 0 radical (unpaired) electrons. The Labute approximate surface area is 117 Å². The zero-order valence-corrected chi connectivity index (χ0v) is 11.2. The summed E-state index contributed by atoms with van der Waals surface area (Å²) in [5.41, 5.74) is 1.88. The zero-order valence-electron chi connectivity index (χ0n) is 10.3. The van der Waals surface area contributed by atoms with Gasteiger partial charge in [0.25, 0.3) is 0 Å². The third-order valence-electron chi connectivity index (χ3n) is 2.62. The van der Waals surface area contributed by atoms with Crippen LogP contribution in [0.15, 0.2) is 42.6 Å². The number of pyridine rings is 1. The molecular formula is C13H12N2O4S. The quantitative estimate of drug-likeness (QED) is 0.721. The molecule has 1 heterocycles. The molecule has 0 aliphatic rings. The third-order valence-corrected chi connectivity index (χ3v) is 3.03. The van der Waals surface area contributed by atoms with Gasteiger partial charge in [-0.15, -0.1) is 0 Å². The summed E-state index contributed by atoms with van der Waals surface area (Å²) in [5.74, 6) is -0.661. The first-order valence-electron chi connectivity index (χ1n) is 5.72. The lowest BCUT2D eigenvalue weighted by molar-refractivity contribution is 0.0697. The Morgan fingerprint density at radius 3 is 2.25 bits per heavy atom. The molecule has 0 fully saturated rings. The standard InChI is InChI=1S/C13H12N2O4S/c16-13(17)10-3-1-9(2-4-10)11-5-6-12(14-7-11)15-8-20(18)19/h1-7,20H,8H2,(H,14,15)(H,16,17). The fourth-order valence-electron chi connectivity index (χ4n) is 1.62. The van der Waals surface area contributed by atoms with E-state index in [9.17, 15) is 13.2 Å². The van der Waals surface area contributed by atoms with Crippen LogP contribution in [0.1, 0.15) is 10.4 Å². The number of carboxylic acids is 1. The van der Waals surface area contributed by atoms with Gasteiger partial charge in [-0.05, 0) is 29.8 Å². The molecule has 0 atom stereocenters. The van der Waals surface area contributed by atoms with Crippen molar-refractivity contribution in [2.45, 2.75) is 0 Å². The predicted molar refractivity (Wildman–Crippen MR) is 75.4 cm³/mol. The molecule has 1 aromatic heterocycles. The Balaban J connectivity index is 2.15. The minimum atomic E-state index is -2.49. The van der Waals surface area contributed by atoms with Crippen LogP contribution in [0.3, 0.4) is 0 Å². The van der Waals surface area contributed by atoms with E-state index in [0.29, 0.717) is 5.82 Å². The maximum atomic E-state index is 10.8. The van der Waals surface area contributed by atoms with E-state index in [0.717, 1.165) is 11.1 Å². The fraction of sp³-hybridized carbons (Fsp3) is 0.0769. The highest BCUT2D eigenvalue weighted by molar-refractivity contribution is 7.72. The number of aromatic carboxylic acids is 1. The van der Waals surface area contributed by atoms with Crippen molar-refractivity contribution in [3.8, 4) is 11.1 Å². The lowest BCUT2D eigenvalue weighted by Gasteiger charge is -2.04. The maximum Gasteiger partial charge on any atom is 0.335 e. The topological polar surface area (TPSA) is 96.4 Å². The maximum absolute atomic E-state index is 10.8. The molecule has 0 amide bonds. The highest BCUT2D eigenvalue weighted by Crippen LogP contribution is 2.20. The summed E-state index contributed by atoms with van der Waals surface area (Å²) in [4.78, 5) is 14.8. The lowest BCUT2D eigenvalue weighted by Crippen LogP contribution is -2.03. The van der Waals surface area contributed by atoms with E-state index in [1.54, 1.807) is 30.5 Å². The highest BCUT2D eigenvalue weighted by Gasteiger charge is 2.03. The zero-order chi connectivity index (χ0) is 14.5. The number of nitrogens with one attached hydrogen (secondary N) is 1. The van der Waals surface area contributed by atoms with Crippen LogP contribution in [0.4, 0.5) is 5.82 Å². The van der Waals surface area contributed by atoms with E-state index < -0.39 is 16.7 Å². The highest BCUT2D eigenvalue weighted by atomic mass is 32.2. The normalized spacial score (nSPS) is 10.4. The second-order valence-electron chi connectivity index (χ2n) is 3.98. The summed E-state index contributed by atoms with van der Waals surface area (Å²) < 4.78 is 20.9. The van der Waals surface area contributed by atoms with Gasteiger partial charge in [-0.1, -0.05) is 12.1 Å². The summed E-state index contributed by atoms with van der Waals surface area (Å²) in [6.07, 6.45) is 1.59. The monoisotopic (exact) mass is 292 g/mol. The van der Waals surface area contributed by atoms with E-state index >= 15 is 0 Å². The van der Waals surface area contributed by atoms with Crippen LogP contribution in [0.5, 0.6) is 0 Å². The Kier molecular flexibility index (Phi) is 4.31. The second-order valence-corrected chi connectivity index (χ2v) is 4.96. The first kappa shape index (κ1) is 14.0. The number of aromatic nitrogens is 1. The number of hydrogen-bond donors (Lipinski definition) is 3. The average Bonchev–Trinajstić information content (AvgIpc) is 2.46. The van der Waals surface area contributed by atoms with Crippen LogP contribution < -0.4 is 5.32 Å². The number of rotatable bonds is 5. The summed E-state index contributed by atoms with van der Waals surface area (Å²) in [6.45, 7) is 0. The Morgan fingerprint density at radius 2 is 1.75 bits per heavy atom. The molecule has 104 valence electrons. The average molecular weight is 292 g/mol. The molecule has 0 spiro atoms. The van der Waals surface area contributed by atoms with Crippen LogP contribution in [-0.2, 0) is 10.7 Å². The summed E-state index contributed by atoms with van der Waals surface area (Å²) in [6, 6.07) is 9.88. The molecule has 7 heteroatoms. The molecule has 1 aromatic carbocycles. The lowest BCUT2D eigenvalue weighted by atomic mass is 10.1. The summed E-state index contributed by atoms with van der Waals surface area (Å²) in [5, 5.41) is 11.5. The summed E-state index contributed by atoms with van der Waals surface area (Å²) in [7, 11) is -2.49. The van der Waals surface area contributed by atoms with Crippen molar-refractivity contribution in [3.63, 3.8) is 0 Å². The molecule has 2 aromatic rings. The molecule has 0 saturated heterocycles. The fourth-order valence-corrected chi connectivity index (χ4v) is 1.91. The molecule has 20 heavy (non-hydrogen) atoms. The number of nitrogens with zero attached hydrogens (tertiary/aromatic N) is 1. The van der Waals surface area contributed by atoms with Gasteiger partial charge in [0.1, 0.15) is 11.7 Å². The second kappa shape index (κ2) is 6.16. The number of thiol groups is 1. The van der Waals surface area contributed by atoms with Crippen molar-refractivity contribution >= 4 is 22.5 Å². The van der Waals surface area contributed by atoms with E-state index in [1.807, 2.05) is 0 Å². The molecule has 0 saturated carbocycles. The molecule has 2 rings (SSSR count). The van der Waals surface area contributed by atoms with Crippen LogP contribution in [0.25, 0.3) is 11.1 Å². The molecule has 6 nitrogen and oxygen atoms in total. The first-order valence-corrected chi connectivity index (χ1v) is 7.08. The Bertz CT molecular complexity index is 671. The molecule has 0 aliphatic heterocycles. The van der Waals surface area contributed by atoms with Gasteiger partial charge in [0.2, 0.25) is 0 Å². The molecule has 0 bridgehead atoms. The van der Waals surface area contributed by atoms with Crippen LogP contribution >= 0.6 is 0 Å². The smallest absolute Gasteiger partial charge is 0.335 e. The minimum absolute atomic E-state index is 0.158. The van der Waals surface area contributed by atoms with Gasteiger partial charge in [-0.2, -0.15) is 0 Å². The van der Waals surface area contributed by atoms with E-state index in [1.165, 1.54) is 12.1 Å². The van der Waals surface area contributed by atoms with E-state index in [-0.39, 0.29) is 11.4 Å². The van der Waals surface area contributed by atoms with Crippen molar-refractivity contribution in [2.75, 3.05) is 11.2 Å². The van der Waals surface area contributed by atoms with Crippen LogP contribution in [0, 0.1) is 0 Å². The van der Waals surface area contributed by atoms with E-state index in [2.05, 4.69) is 10.3 Å². The molecule has 2 N–H and O–H groups in total. The van der Waals surface area contributed by atoms with Gasteiger partial charge in [-0.3, -0.25) is 0 Å². The van der Waals surface area contributed by atoms with Crippen LogP contribution in [0.2, 0.25) is 0 Å². The molecule has 0 unspecified atom stereocenters. The van der Waals surface area contributed by atoms with Crippen molar-refractivity contribution < 1.29 is 18.3 Å². The third kappa shape index (κ3) is 3.55. The van der Waals surface area contributed by atoms with E-state index in [4.69, 9.17) is 5.11 Å². The molecule has 0 aliphatic carbocycles. The van der Waals surface area contributed by atoms with Gasteiger partial charge in [0.05, 0.1) is 5.56 Å². The summed E-state index contributed by atoms with van der Waals surface area (Å²) >= 11 is 0. The number of anilines is 1. The van der Waals surface area contributed by atoms with Crippen molar-refractivity contribution in [1.82, 2.24) is 4.98 Å². The number of hydrogen-bond acceptors (Lipinski definition) is 5. The Hall–Kier alpha value is -2.41. The van der Waals surface area contributed by atoms with Crippen LogP contribution in [-0.4, -0.2) is 30.4 Å².